The summed E-state index contributed by atoms with van der Waals surface area (Å²) >= 11 is 1.55. The largest absolute Gasteiger partial charge is 0.324 e. The van der Waals surface area contributed by atoms with Gasteiger partial charge < -0.3 is 5.32 Å². The number of rotatable bonds is 3. The van der Waals surface area contributed by atoms with Crippen molar-refractivity contribution in [3.05, 3.63) is 35.4 Å². The number of fused-ring (bicyclic) bond motifs is 2. The molecule has 3 amide bonds. The number of benzene rings is 1. The first-order valence-electron chi connectivity index (χ1n) is 8.20. The van der Waals surface area contributed by atoms with E-state index in [0.717, 1.165) is 20.1 Å². The van der Waals surface area contributed by atoms with Gasteiger partial charge in [0.05, 0.1) is 27.1 Å². The topological polar surface area (TPSA) is 79.4 Å². The zero-order valence-electron chi connectivity index (χ0n) is 13.7. The van der Waals surface area contributed by atoms with Crippen molar-refractivity contribution >= 4 is 45.0 Å². The van der Waals surface area contributed by atoms with Gasteiger partial charge in [-0.25, -0.2) is 4.98 Å². The first kappa shape index (κ1) is 16.0. The number of carbonyl (C=O) groups is 3. The molecule has 0 radical (unpaired) electrons. The minimum atomic E-state index is -0.367. The third-order valence-electron chi connectivity index (χ3n) is 4.68. The summed E-state index contributed by atoms with van der Waals surface area (Å²) in [5.74, 6) is -1.44. The van der Waals surface area contributed by atoms with Crippen molar-refractivity contribution in [3.63, 3.8) is 0 Å². The molecule has 4 rings (SSSR count). The molecule has 2 unspecified atom stereocenters. The average Bonchev–Trinajstić information content (AvgIpc) is 3.07. The Balaban J connectivity index is 1.46. The van der Waals surface area contributed by atoms with Crippen LogP contribution in [-0.2, 0) is 14.4 Å². The predicted molar refractivity (Wildman–Crippen MR) is 95.1 cm³/mol. The van der Waals surface area contributed by atoms with E-state index in [4.69, 9.17) is 0 Å². The number of aryl methyl sites for hydroxylation is 1. The van der Waals surface area contributed by atoms with Gasteiger partial charge >= 0.3 is 0 Å². The van der Waals surface area contributed by atoms with Crippen molar-refractivity contribution < 1.29 is 14.4 Å². The summed E-state index contributed by atoms with van der Waals surface area (Å²) in [6.07, 6.45) is 5.02. The molecule has 1 N–H and O–H groups in total. The van der Waals surface area contributed by atoms with Gasteiger partial charge in [-0.2, -0.15) is 0 Å². The van der Waals surface area contributed by atoms with Gasteiger partial charge in [0.2, 0.25) is 17.7 Å². The van der Waals surface area contributed by atoms with Gasteiger partial charge in [-0.1, -0.05) is 12.2 Å². The number of carbonyl (C=O) groups excluding carboxylic acids is 3. The zero-order chi connectivity index (χ0) is 17.6. The number of nitrogens with one attached hydrogen (secondary N) is 1. The van der Waals surface area contributed by atoms with Crippen LogP contribution in [0, 0.1) is 18.8 Å². The molecule has 128 valence electrons. The number of amides is 3. The van der Waals surface area contributed by atoms with Crippen LogP contribution in [0.25, 0.3) is 10.2 Å². The number of hydrogen-bond donors (Lipinski definition) is 1. The second-order valence-electron chi connectivity index (χ2n) is 6.38. The lowest BCUT2D eigenvalue weighted by Gasteiger charge is -2.14. The van der Waals surface area contributed by atoms with Crippen LogP contribution in [0.4, 0.5) is 5.69 Å². The molecular formula is C18H17N3O3S. The molecule has 0 bridgehead atoms. The van der Waals surface area contributed by atoms with Crippen LogP contribution in [0.1, 0.15) is 17.8 Å². The van der Waals surface area contributed by atoms with Crippen LogP contribution < -0.4 is 5.32 Å². The Morgan fingerprint density at radius 1 is 1.24 bits per heavy atom. The smallest absolute Gasteiger partial charge is 0.244 e. The number of aromatic nitrogens is 1. The fraction of sp³-hybridized carbons (Fsp3) is 0.333. The standard InChI is InChI=1S/C18H17N3O3S/c1-10-19-14-7-6-11(8-15(14)25-10)20-16(22)9-21-17(23)12-4-2-3-5-13(12)18(21)24/h2-3,6-8,12-13H,4-5,9H2,1H3,(H,20,22). The minimum Gasteiger partial charge on any atom is -0.324 e. The van der Waals surface area contributed by atoms with E-state index in [1.165, 1.54) is 0 Å². The molecule has 1 aromatic heterocycles. The Morgan fingerprint density at radius 3 is 2.60 bits per heavy atom. The maximum absolute atomic E-state index is 12.4. The number of thiazole rings is 1. The quantitative estimate of drug-likeness (QED) is 0.678. The summed E-state index contributed by atoms with van der Waals surface area (Å²) in [5, 5.41) is 3.73. The van der Waals surface area contributed by atoms with Crippen molar-refractivity contribution in [1.82, 2.24) is 9.88 Å². The summed E-state index contributed by atoms with van der Waals surface area (Å²) < 4.78 is 0.987. The molecule has 2 atom stereocenters. The third kappa shape index (κ3) is 2.84. The average molecular weight is 355 g/mol. The maximum Gasteiger partial charge on any atom is 0.244 e. The van der Waals surface area contributed by atoms with Gasteiger partial charge in [-0.05, 0) is 38.0 Å². The molecule has 7 heteroatoms. The molecule has 1 aliphatic carbocycles. The molecule has 1 aromatic carbocycles. The van der Waals surface area contributed by atoms with E-state index >= 15 is 0 Å². The number of imide groups is 1. The van der Waals surface area contributed by atoms with Crippen molar-refractivity contribution in [3.8, 4) is 0 Å². The molecular weight excluding hydrogens is 338 g/mol. The maximum atomic E-state index is 12.4. The lowest BCUT2D eigenvalue weighted by Crippen LogP contribution is -2.38. The molecule has 2 aromatic rings. The first-order valence-corrected chi connectivity index (χ1v) is 9.02. The van der Waals surface area contributed by atoms with Gasteiger partial charge in [0.25, 0.3) is 0 Å². The second kappa shape index (κ2) is 6.07. The Labute approximate surface area is 148 Å². The van der Waals surface area contributed by atoms with Gasteiger partial charge in [0.1, 0.15) is 6.54 Å². The summed E-state index contributed by atoms with van der Waals surface area (Å²) in [7, 11) is 0. The molecule has 1 saturated heterocycles. The lowest BCUT2D eigenvalue weighted by molar-refractivity contribution is -0.142. The van der Waals surface area contributed by atoms with Crippen molar-refractivity contribution in [2.45, 2.75) is 19.8 Å². The normalized spacial score (nSPS) is 22.5. The van der Waals surface area contributed by atoms with Crippen LogP contribution >= 0.6 is 11.3 Å². The SMILES string of the molecule is Cc1nc2ccc(NC(=O)CN3C(=O)C4CC=CCC4C3=O)cc2s1. The molecule has 1 aliphatic heterocycles. The van der Waals surface area contributed by atoms with Gasteiger partial charge in [-0.3, -0.25) is 19.3 Å². The number of nitrogens with zero attached hydrogens (tertiary/aromatic N) is 2. The highest BCUT2D eigenvalue weighted by atomic mass is 32.1. The Hall–Kier alpha value is -2.54. The number of hydrogen-bond acceptors (Lipinski definition) is 5. The summed E-state index contributed by atoms with van der Waals surface area (Å²) in [4.78, 5) is 42.6. The first-order chi connectivity index (χ1) is 12.0. The molecule has 0 saturated carbocycles. The van der Waals surface area contributed by atoms with E-state index in [9.17, 15) is 14.4 Å². The Morgan fingerprint density at radius 2 is 1.92 bits per heavy atom. The number of allylic oxidation sites excluding steroid dienone is 2. The minimum absolute atomic E-state index is 0.232. The second-order valence-corrected chi connectivity index (χ2v) is 7.62. The summed E-state index contributed by atoms with van der Waals surface area (Å²) in [5.41, 5.74) is 1.53. The van der Waals surface area contributed by atoms with Gasteiger partial charge in [-0.15, -0.1) is 11.3 Å². The van der Waals surface area contributed by atoms with Crippen LogP contribution in [-0.4, -0.2) is 34.2 Å². The highest BCUT2D eigenvalue weighted by Gasteiger charge is 2.47. The predicted octanol–water partition coefficient (Wildman–Crippen LogP) is 2.49. The Kier molecular flexibility index (Phi) is 3.88. The van der Waals surface area contributed by atoms with E-state index in [1.807, 2.05) is 31.2 Å². The van der Waals surface area contributed by atoms with Gasteiger partial charge in [0.15, 0.2) is 0 Å². The van der Waals surface area contributed by atoms with Crippen molar-refractivity contribution in [2.75, 3.05) is 11.9 Å². The number of likely N-dealkylation sites (tertiary alicyclic amines) is 1. The summed E-state index contributed by atoms with van der Waals surface area (Å²) in [6.45, 7) is 1.70. The van der Waals surface area contributed by atoms with Crippen LogP contribution in [0.3, 0.4) is 0 Å². The Bertz CT molecular complexity index is 891. The third-order valence-corrected chi connectivity index (χ3v) is 5.61. The van der Waals surface area contributed by atoms with Crippen LogP contribution in [0.2, 0.25) is 0 Å². The molecule has 1 fully saturated rings. The van der Waals surface area contributed by atoms with E-state index < -0.39 is 0 Å². The van der Waals surface area contributed by atoms with E-state index in [0.29, 0.717) is 18.5 Å². The van der Waals surface area contributed by atoms with E-state index in [1.54, 1.807) is 17.4 Å². The van der Waals surface area contributed by atoms with Crippen molar-refractivity contribution in [1.29, 1.82) is 0 Å². The molecule has 6 nitrogen and oxygen atoms in total. The highest BCUT2D eigenvalue weighted by molar-refractivity contribution is 7.18. The van der Waals surface area contributed by atoms with Crippen molar-refractivity contribution in [2.24, 2.45) is 11.8 Å². The molecule has 2 heterocycles. The van der Waals surface area contributed by atoms with E-state index in [-0.39, 0.29) is 36.1 Å². The molecule has 25 heavy (non-hydrogen) atoms. The molecule has 0 spiro atoms. The zero-order valence-corrected chi connectivity index (χ0v) is 14.5. The van der Waals surface area contributed by atoms with E-state index in [2.05, 4.69) is 10.3 Å². The van der Waals surface area contributed by atoms with Gasteiger partial charge in [0, 0.05) is 5.69 Å². The number of anilines is 1. The fourth-order valence-electron chi connectivity index (χ4n) is 3.49. The highest BCUT2D eigenvalue weighted by Crippen LogP contribution is 2.35. The molecule has 2 aliphatic rings. The monoisotopic (exact) mass is 355 g/mol. The fourth-order valence-corrected chi connectivity index (χ4v) is 4.35. The van der Waals surface area contributed by atoms with Crippen LogP contribution in [0.15, 0.2) is 30.4 Å². The lowest BCUT2D eigenvalue weighted by atomic mass is 9.85. The summed E-state index contributed by atoms with van der Waals surface area (Å²) in [6, 6.07) is 5.48. The van der Waals surface area contributed by atoms with Crippen LogP contribution in [0.5, 0.6) is 0 Å².